The molecule has 9 heteroatoms. The van der Waals surface area contributed by atoms with E-state index in [1.165, 1.54) is 103 Å². The first-order valence-corrected chi connectivity index (χ1v) is 26.9. The average molecular weight is 901 g/mol. The molecule has 0 aliphatic rings. The van der Waals surface area contributed by atoms with Gasteiger partial charge in [0.2, 0.25) is 5.91 Å². The van der Waals surface area contributed by atoms with Crippen molar-refractivity contribution in [3.05, 3.63) is 85.1 Å². The molecule has 8 nitrogen and oxygen atoms in total. The Morgan fingerprint density at radius 3 is 1.41 bits per heavy atom. The number of phosphoric ester groups is 1. The Kier molecular flexibility index (Phi) is 43.2. The predicted molar refractivity (Wildman–Crippen MR) is 270 cm³/mol. The summed E-state index contributed by atoms with van der Waals surface area (Å²) in [5.41, 5.74) is 0. The van der Waals surface area contributed by atoms with Crippen molar-refractivity contribution in [1.29, 1.82) is 0 Å². The molecule has 364 valence electrons. The standard InChI is InChI=1S/C54H97N2O6P/c1-6-8-10-12-14-16-17-18-19-20-21-22-23-24-25-26-27-28-29-30-31-32-33-34-35-36-37-38-39-40-42-44-46-48-54(58)55-52(51-62-63(59,60)61-50-49-56(3,4)5)53(57)47-45-43-41-15-13-11-9-7-2/h8,10,14,16,18-19,21-22,24-25,27-28,45,47,52-53,57H,6-7,9,11-13,15,17,20,23,26,29-44,46,48-51H2,1-5H3,(H-,55,58,59,60)/b10-8-,16-14-,19-18-,22-21-,25-24-,28-27-,47-45+. The lowest BCUT2D eigenvalue weighted by molar-refractivity contribution is -0.870. The van der Waals surface area contributed by atoms with Crippen LogP contribution in [0.1, 0.15) is 200 Å². The maximum absolute atomic E-state index is 12.8. The highest BCUT2D eigenvalue weighted by Crippen LogP contribution is 2.38. The van der Waals surface area contributed by atoms with Crippen molar-refractivity contribution in [2.45, 2.75) is 212 Å². The van der Waals surface area contributed by atoms with Crippen LogP contribution in [0.3, 0.4) is 0 Å². The van der Waals surface area contributed by atoms with Crippen LogP contribution < -0.4 is 10.2 Å². The van der Waals surface area contributed by atoms with Gasteiger partial charge in [0.15, 0.2) is 0 Å². The molecule has 2 N–H and O–H groups in total. The van der Waals surface area contributed by atoms with Crippen LogP contribution in [0, 0.1) is 0 Å². The van der Waals surface area contributed by atoms with Crippen LogP contribution in [0.4, 0.5) is 0 Å². The topological polar surface area (TPSA) is 108 Å². The van der Waals surface area contributed by atoms with E-state index in [-0.39, 0.29) is 19.1 Å². The molecule has 1 amide bonds. The molecular weight excluding hydrogens is 804 g/mol. The summed E-state index contributed by atoms with van der Waals surface area (Å²) in [7, 11) is 1.25. The van der Waals surface area contributed by atoms with Crippen LogP contribution in [0.25, 0.3) is 0 Å². The minimum absolute atomic E-state index is 0.00421. The number of quaternary nitrogens is 1. The minimum Gasteiger partial charge on any atom is -0.756 e. The normalized spacial score (nSPS) is 14.8. The molecule has 0 radical (unpaired) electrons. The largest absolute Gasteiger partial charge is 0.756 e. The maximum Gasteiger partial charge on any atom is 0.268 e. The second-order valence-corrected chi connectivity index (χ2v) is 19.6. The molecule has 0 saturated carbocycles. The lowest BCUT2D eigenvalue weighted by Gasteiger charge is -2.29. The molecule has 0 fully saturated rings. The number of allylic oxidation sites excluding steroid dienone is 13. The highest BCUT2D eigenvalue weighted by molar-refractivity contribution is 7.45. The number of hydrogen-bond donors (Lipinski definition) is 2. The van der Waals surface area contributed by atoms with E-state index in [0.717, 1.165) is 77.0 Å². The third kappa shape index (κ3) is 47.5. The molecule has 0 heterocycles. The number of likely N-dealkylation sites (N-methyl/N-ethyl adjacent to an activating group) is 1. The van der Waals surface area contributed by atoms with Crippen molar-refractivity contribution >= 4 is 13.7 Å². The zero-order chi connectivity index (χ0) is 46.4. The van der Waals surface area contributed by atoms with E-state index >= 15 is 0 Å². The van der Waals surface area contributed by atoms with Crippen molar-refractivity contribution in [2.75, 3.05) is 40.9 Å². The van der Waals surface area contributed by atoms with Gasteiger partial charge in [-0.15, -0.1) is 0 Å². The molecule has 0 aromatic carbocycles. The fraction of sp³-hybridized carbons (Fsp3) is 0.722. The Hall–Kier alpha value is -2.32. The van der Waals surface area contributed by atoms with E-state index in [1.54, 1.807) is 6.08 Å². The smallest absolute Gasteiger partial charge is 0.268 e. The van der Waals surface area contributed by atoms with E-state index < -0.39 is 20.0 Å². The van der Waals surface area contributed by atoms with E-state index in [0.29, 0.717) is 17.4 Å². The van der Waals surface area contributed by atoms with Gasteiger partial charge in [-0.3, -0.25) is 9.36 Å². The molecule has 0 bridgehead atoms. The van der Waals surface area contributed by atoms with E-state index in [9.17, 15) is 19.4 Å². The summed E-state index contributed by atoms with van der Waals surface area (Å²) in [6, 6.07) is -0.887. The minimum atomic E-state index is -4.58. The Bertz CT molecular complexity index is 1300. The summed E-state index contributed by atoms with van der Waals surface area (Å²) in [5.74, 6) is -0.205. The molecule has 63 heavy (non-hydrogen) atoms. The molecule has 0 spiro atoms. The highest BCUT2D eigenvalue weighted by atomic mass is 31.2. The van der Waals surface area contributed by atoms with Crippen LogP contribution in [0.2, 0.25) is 0 Å². The zero-order valence-electron chi connectivity index (χ0n) is 41.2. The highest BCUT2D eigenvalue weighted by Gasteiger charge is 2.23. The van der Waals surface area contributed by atoms with E-state index in [2.05, 4.69) is 92.1 Å². The van der Waals surface area contributed by atoms with Gasteiger partial charge in [-0.1, -0.05) is 208 Å². The Morgan fingerprint density at radius 2 is 0.968 bits per heavy atom. The summed E-state index contributed by atoms with van der Waals surface area (Å²) in [5, 5.41) is 13.7. The van der Waals surface area contributed by atoms with Crippen LogP contribution in [0.15, 0.2) is 85.1 Å². The molecular formula is C54H97N2O6P. The molecule has 3 atom stereocenters. The fourth-order valence-electron chi connectivity index (χ4n) is 6.86. The van der Waals surface area contributed by atoms with Gasteiger partial charge >= 0.3 is 0 Å². The molecule has 0 rings (SSSR count). The van der Waals surface area contributed by atoms with Crippen molar-refractivity contribution in [2.24, 2.45) is 0 Å². The fourth-order valence-corrected chi connectivity index (χ4v) is 7.58. The number of rotatable bonds is 45. The van der Waals surface area contributed by atoms with Crippen LogP contribution in [-0.2, 0) is 18.4 Å². The number of nitrogens with zero attached hydrogens (tertiary/aromatic N) is 1. The zero-order valence-corrected chi connectivity index (χ0v) is 42.1. The number of amides is 1. The van der Waals surface area contributed by atoms with Gasteiger partial charge in [-0.2, -0.15) is 0 Å². The average Bonchev–Trinajstić information content (AvgIpc) is 3.24. The molecule has 0 aliphatic carbocycles. The predicted octanol–water partition coefficient (Wildman–Crippen LogP) is 14.3. The first-order chi connectivity index (χ1) is 30.5. The van der Waals surface area contributed by atoms with Crippen molar-refractivity contribution in [3.8, 4) is 0 Å². The summed E-state index contributed by atoms with van der Waals surface area (Å²) in [4.78, 5) is 25.3. The monoisotopic (exact) mass is 901 g/mol. The number of carbonyl (C=O) groups excluding carboxylic acids is 1. The quantitative estimate of drug-likeness (QED) is 0.0273. The first-order valence-electron chi connectivity index (χ1n) is 25.4. The molecule has 0 aromatic heterocycles. The number of phosphoric acid groups is 1. The lowest BCUT2D eigenvalue weighted by atomic mass is 10.0. The third-order valence-corrected chi connectivity index (χ3v) is 11.8. The molecule has 0 aromatic rings. The van der Waals surface area contributed by atoms with Crippen molar-refractivity contribution in [1.82, 2.24) is 5.32 Å². The summed E-state index contributed by atoms with van der Waals surface area (Å²) >= 11 is 0. The number of nitrogens with one attached hydrogen (secondary N) is 1. The van der Waals surface area contributed by atoms with Crippen molar-refractivity contribution in [3.63, 3.8) is 0 Å². The van der Waals surface area contributed by atoms with Gasteiger partial charge < -0.3 is 28.8 Å². The van der Waals surface area contributed by atoms with Gasteiger partial charge in [0.25, 0.3) is 7.82 Å². The summed E-state index contributed by atoms with van der Waals surface area (Å²) in [6.45, 7) is 4.47. The molecule has 3 unspecified atom stereocenters. The third-order valence-electron chi connectivity index (χ3n) is 10.9. The number of unbranched alkanes of at least 4 members (excludes halogenated alkanes) is 20. The Balaban J connectivity index is 4.00. The number of hydrogen-bond acceptors (Lipinski definition) is 6. The van der Waals surface area contributed by atoms with Crippen molar-refractivity contribution < 1.29 is 32.9 Å². The number of aliphatic hydroxyl groups is 1. The Morgan fingerprint density at radius 1 is 0.571 bits per heavy atom. The second-order valence-electron chi connectivity index (χ2n) is 18.1. The molecule has 0 aliphatic heterocycles. The Labute approximate surface area is 388 Å². The van der Waals surface area contributed by atoms with Gasteiger partial charge in [-0.05, 0) is 70.6 Å². The second kappa shape index (κ2) is 44.9. The number of carbonyl (C=O) groups is 1. The number of aliphatic hydroxyl groups excluding tert-OH is 1. The maximum atomic E-state index is 12.8. The van der Waals surface area contributed by atoms with Gasteiger partial charge in [0.1, 0.15) is 13.2 Å². The van der Waals surface area contributed by atoms with Crippen LogP contribution in [-0.4, -0.2) is 68.5 Å². The van der Waals surface area contributed by atoms with Crippen LogP contribution in [0.5, 0.6) is 0 Å². The SMILES string of the molecule is CC/C=C\C/C=C\C/C=C\C/C=C\C/C=C\C/C=C\CCCCCCCCCCCCCCCCC(=O)NC(COP(=O)([O-])OCC[N+](C)(C)C)C(O)/C=C/CCCCCCCC. The first kappa shape index (κ1) is 60.7. The molecule has 0 saturated heterocycles. The van der Waals surface area contributed by atoms with E-state index in [4.69, 9.17) is 9.05 Å². The summed E-state index contributed by atoms with van der Waals surface area (Å²) < 4.78 is 23.1. The van der Waals surface area contributed by atoms with Crippen LogP contribution >= 0.6 is 7.82 Å². The van der Waals surface area contributed by atoms with E-state index in [1.807, 2.05) is 27.2 Å². The lowest BCUT2D eigenvalue weighted by Crippen LogP contribution is -2.45. The van der Waals surface area contributed by atoms with Gasteiger partial charge in [-0.25, -0.2) is 0 Å². The van der Waals surface area contributed by atoms with Gasteiger partial charge in [0, 0.05) is 6.42 Å². The summed E-state index contributed by atoms with van der Waals surface area (Å²) in [6.07, 6.45) is 62.4. The van der Waals surface area contributed by atoms with Gasteiger partial charge in [0.05, 0.1) is 39.9 Å².